The van der Waals surface area contributed by atoms with Gasteiger partial charge in [-0.25, -0.2) is 0 Å². The summed E-state index contributed by atoms with van der Waals surface area (Å²) in [5, 5.41) is 10.9. The summed E-state index contributed by atoms with van der Waals surface area (Å²) in [5.41, 5.74) is 3.45. The highest BCUT2D eigenvalue weighted by Gasteiger charge is 2.69. The van der Waals surface area contributed by atoms with Crippen molar-refractivity contribution in [1.29, 1.82) is 0 Å². The van der Waals surface area contributed by atoms with Crippen molar-refractivity contribution < 1.29 is 5.11 Å². The Morgan fingerprint density at radius 1 is 0.710 bits per heavy atom. The van der Waals surface area contributed by atoms with Crippen LogP contribution in [0.5, 0.6) is 0 Å². The van der Waals surface area contributed by atoms with Crippen molar-refractivity contribution in [2.45, 2.75) is 119 Å². The number of hydrogen-bond donors (Lipinski definition) is 1. The molecule has 1 nitrogen and oxygen atoms in total. The molecule has 5 aliphatic carbocycles. The van der Waals surface area contributed by atoms with E-state index in [4.69, 9.17) is 0 Å². The average molecular weight is 427 g/mol. The third-order valence-electron chi connectivity index (χ3n) is 13.2. The van der Waals surface area contributed by atoms with Crippen LogP contribution in [0.3, 0.4) is 0 Å². The van der Waals surface area contributed by atoms with Crippen molar-refractivity contribution in [1.82, 2.24) is 0 Å². The summed E-state index contributed by atoms with van der Waals surface area (Å²) in [7, 11) is 0. The molecule has 5 rings (SSSR count). The highest BCUT2D eigenvalue weighted by Crippen LogP contribution is 2.76. The summed E-state index contributed by atoms with van der Waals surface area (Å²) in [5.74, 6) is 4.04. The fraction of sp³-hybridized carbons (Fsp3) is 0.933. The number of aliphatic hydroxyl groups is 1. The first-order valence-corrected chi connectivity index (χ1v) is 13.6. The van der Waals surface area contributed by atoms with Gasteiger partial charge in [0, 0.05) is 0 Å². The van der Waals surface area contributed by atoms with Crippen LogP contribution < -0.4 is 0 Å². The number of allylic oxidation sites excluding steroid dienone is 1. The Morgan fingerprint density at radius 3 is 1.81 bits per heavy atom. The normalized spacial score (nSPS) is 57.9. The molecular weight excluding hydrogens is 376 g/mol. The number of aliphatic hydroxyl groups excluding tert-OH is 1. The van der Waals surface area contributed by atoms with Crippen LogP contribution in [0, 0.1) is 56.7 Å². The molecule has 0 aromatic heterocycles. The van der Waals surface area contributed by atoms with Gasteiger partial charge in [-0.2, -0.15) is 0 Å². The summed E-state index contributed by atoms with van der Waals surface area (Å²) < 4.78 is 0. The Morgan fingerprint density at radius 2 is 1.19 bits per heavy atom. The fourth-order valence-electron chi connectivity index (χ4n) is 11.7. The lowest BCUT2D eigenvalue weighted by molar-refractivity contribution is -0.234. The maximum atomic E-state index is 10.9. The smallest absolute Gasteiger partial charge is 0.0594 e. The molecule has 0 spiro atoms. The van der Waals surface area contributed by atoms with E-state index in [1.54, 1.807) is 0 Å². The van der Waals surface area contributed by atoms with E-state index in [0.29, 0.717) is 27.6 Å². The molecule has 0 bridgehead atoms. The molecule has 0 radical (unpaired) electrons. The quantitative estimate of drug-likeness (QED) is 0.421. The Hall–Kier alpha value is -0.300. The standard InChI is InChI=1S/C30H50O/c1-19(2)20-17-24-27(5,18-20)13-9-22-29(7)14-10-21-26(3,4)25(31)12-16-28(21,6)23(29)11-15-30(22,24)8/h20-25,31H,1,9-18H2,2-8H3. The molecule has 10 unspecified atom stereocenters. The van der Waals surface area contributed by atoms with Crippen LogP contribution in [0.4, 0.5) is 0 Å². The maximum absolute atomic E-state index is 10.9. The van der Waals surface area contributed by atoms with E-state index >= 15 is 0 Å². The van der Waals surface area contributed by atoms with Gasteiger partial charge in [0.05, 0.1) is 6.10 Å². The van der Waals surface area contributed by atoms with E-state index in [2.05, 4.69) is 55.0 Å². The maximum Gasteiger partial charge on any atom is 0.0594 e. The first-order chi connectivity index (χ1) is 14.3. The van der Waals surface area contributed by atoms with Gasteiger partial charge in [-0.15, -0.1) is 0 Å². The van der Waals surface area contributed by atoms with E-state index in [-0.39, 0.29) is 11.5 Å². The fourth-order valence-corrected chi connectivity index (χ4v) is 11.7. The van der Waals surface area contributed by atoms with Crippen molar-refractivity contribution in [2.24, 2.45) is 56.7 Å². The largest absolute Gasteiger partial charge is 0.393 e. The highest BCUT2D eigenvalue weighted by molar-refractivity contribution is 5.19. The van der Waals surface area contributed by atoms with Gasteiger partial charge >= 0.3 is 0 Å². The lowest BCUT2D eigenvalue weighted by Crippen LogP contribution is -2.65. The molecular formula is C30H50O. The van der Waals surface area contributed by atoms with Crippen LogP contribution in [-0.2, 0) is 0 Å². The van der Waals surface area contributed by atoms with Crippen molar-refractivity contribution in [2.75, 3.05) is 0 Å². The summed E-state index contributed by atoms with van der Waals surface area (Å²) in [6, 6.07) is 0. The number of fused-ring (bicyclic) bond motifs is 7. The minimum atomic E-state index is -0.114. The molecule has 5 saturated carbocycles. The highest BCUT2D eigenvalue weighted by atomic mass is 16.3. The van der Waals surface area contributed by atoms with Crippen molar-refractivity contribution in [3.63, 3.8) is 0 Å². The van der Waals surface area contributed by atoms with Gasteiger partial charge in [0.2, 0.25) is 0 Å². The van der Waals surface area contributed by atoms with E-state index in [1.165, 1.54) is 63.4 Å². The zero-order chi connectivity index (χ0) is 22.6. The third-order valence-corrected chi connectivity index (χ3v) is 13.2. The summed E-state index contributed by atoms with van der Waals surface area (Å²) >= 11 is 0. The topological polar surface area (TPSA) is 20.2 Å². The Labute approximate surface area is 192 Å². The van der Waals surface area contributed by atoms with Crippen molar-refractivity contribution >= 4 is 0 Å². The van der Waals surface area contributed by atoms with Gasteiger partial charge in [-0.05, 0) is 128 Å². The predicted octanol–water partition coefficient (Wildman–Crippen LogP) is 8.02. The van der Waals surface area contributed by atoms with Crippen LogP contribution in [0.25, 0.3) is 0 Å². The lowest BCUT2D eigenvalue weighted by atomic mass is 9.34. The molecule has 5 aliphatic rings. The minimum Gasteiger partial charge on any atom is -0.393 e. The first kappa shape index (κ1) is 22.5. The second-order valence-electron chi connectivity index (χ2n) is 14.9. The molecule has 31 heavy (non-hydrogen) atoms. The second-order valence-corrected chi connectivity index (χ2v) is 14.9. The van der Waals surface area contributed by atoms with Crippen LogP contribution >= 0.6 is 0 Å². The molecule has 5 fully saturated rings. The Kier molecular flexibility index (Phi) is 4.82. The predicted molar refractivity (Wildman–Crippen MR) is 131 cm³/mol. The molecule has 0 aromatic carbocycles. The van der Waals surface area contributed by atoms with Gasteiger partial charge in [0.1, 0.15) is 0 Å². The van der Waals surface area contributed by atoms with Gasteiger partial charge in [0.25, 0.3) is 0 Å². The SMILES string of the molecule is C=C(C)C1CC2C(C)(CCC3C2(C)CCC2C4(C)CCC(O)C(C)(C)C4CCC32C)C1. The molecule has 0 aromatic rings. The molecule has 0 heterocycles. The second kappa shape index (κ2) is 6.64. The Bertz CT molecular complexity index is 766. The summed E-state index contributed by atoms with van der Waals surface area (Å²) in [4.78, 5) is 0. The third kappa shape index (κ3) is 2.77. The van der Waals surface area contributed by atoms with E-state index in [1.807, 2.05) is 0 Å². The van der Waals surface area contributed by atoms with Crippen molar-refractivity contribution in [3.8, 4) is 0 Å². The summed E-state index contributed by atoms with van der Waals surface area (Å²) in [6.45, 7) is 22.2. The molecule has 10 atom stereocenters. The first-order valence-electron chi connectivity index (χ1n) is 13.6. The van der Waals surface area contributed by atoms with E-state index < -0.39 is 0 Å². The minimum absolute atomic E-state index is 0.0698. The van der Waals surface area contributed by atoms with Gasteiger partial charge in [-0.1, -0.05) is 53.7 Å². The van der Waals surface area contributed by atoms with Crippen LogP contribution in [0.2, 0.25) is 0 Å². The van der Waals surface area contributed by atoms with E-state index in [9.17, 15) is 5.11 Å². The molecule has 1 N–H and O–H groups in total. The van der Waals surface area contributed by atoms with Gasteiger partial charge < -0.3 is 5.11 Å². The van der Waals surface area contributed by atoms with Gasteiger partial charge in [-0.3, -0.25) is 0 Å². The van der Waals surface area contributed by atoms with Crippen LogP contribution in [-0.4, -0.2) is 11.2 Å². The van der Waals surface area contributed by atoms with Gasteiger partial charge in [0.15, 0.2) is 0 Å². The molecule has 0 saturated heterocycles. The number of rotatable bonds is 1. The zero-order valence-electron chi connectivity index (χ0n) is 21.7. The van der Waals surface area contributed by atoms with Crippen LogP contribution in [0.15, 0.2) is 12.2 Å². The number of hydrogen-bond acceptors (Lipinski definition) is 1. The summed E-state index contributed by atoms with van der Waals surface area (Å²) in [6.07, 6.45) is 13.4. The zero-order valence-corrected chi connectivity index (χ0v) is 21.7. The monoisotopic (exact) mass is 426 g/mol. The average Bonchev–Trinajstić information content (AvgIpc) is 3.04. The lowest BCUT2D eigenvalue weighted by Gasteiger charge is -2.71. The molecule has 0 amide bonds. The molecule has 1 heteroatoms. The molecule has 0 aliphatic heterocycles. The van der Waals surface area contributed by atoms with E-state index in [0.717, 1.165) is 30.1 Å². The Balaban J connectivity index is 1.50. The van der Waals surface area contributed by atoms with Crippen LogP contribution in [0.1, 0.15) is 113 Å². The molecule has 176 valence electrons. The van der Waals surface area contributed by atoms with Crippen molar-refractivity contribution in [3.05, 3.63) is 12.2 Å².